The first-order valence-corrected chi connectivity index (χ1v) is 16.9. The average Bonchev–Trinajstić information content (AvgIpc) is 3.24. The first-order chi connectivity index (χ1) is 20.7. The summed E-state index contributed by atoms with van der Waals surface area (Å²) in [7, 11) is 2.11. The largest absolute Gasteiger partial charge is 0.508 e. The Labute approximate surface area is 259 Å². The number of benzene rings is 1. The lowest BCUT2D eigenvalue weighted by molar-refractivity contribution is -0.284. The molecule has 0 radical (unpaired) electrons. The predicted octanol–water partition coefficient (Wildman–Crippen LogP) is 9.59. The highest BCUT2D eigenvalue weighted by Crippen LogP contribution is 2.63. The molecule has 1 aromatic carbocycles. The number of aliphatic hydroxyl groups excluding tert-OH is 1. The normalized spacial score (nSPS) is 31.1. The van der Waals surface area contributed by atoms with E-state index in [0.717, 1.165) is 81.9 Å². The van der Waals surface area contributed by atoms with Gasteiger partial charge < -0.3 is 15.1 Å². The van der Waals surface area contributed by atoms with E-state index < -0.39 is 30.8 Å². The second kappa shape index (κ2) is 14.5. The Morgan fingerprint density at radius 2 is 1.66 bits per heavy atom. The maximum absolute atomic E-state index is 16.0. The molecule has 0 amide bonds. The monoisotopic (exact) mass is 633 g/mol. The molecular weight excluding hydrogens is 580 g/mol. The quantitative estimate of drug-likeness (QED) is 0.149. The molecule has 0 bridgehead atoms. The first-order valence-electron chi connectivity index (χ1n) is 16.9. The number of rotatable bonds is 15. The number of aliphatic hydroxyl groups is 1. The second-order valence-corrected chi connectivity index (χ2v) is 14.6. The Hall–Kier alpha value is -1.48. The number of phenols is 1. The smallest absolute Gasteiger partial charge is 0.453 e. The summed E-state index contributed by atoms with van der Waals surface area (Å²) in [6.45, 7) is 5.23. The third-order valence-corrected chi connectivity index (χ3v) is 11.6. The van der Waals surface area contributed by atoms with Gasteiger partial charge in [0, 0.05) is 18.4 Å². The summed E-state index contributed by atoms with van der Waals surface area (Å²) >= 11 is 0. The van der Waals surface area contributed by atoms with Crippen molar-refractivity contribution in [3.05, 3.63) is 29.3 Å². The number of hydrogen-bond donors (Lipinski definition) is 2. The molecule has 252 valence electrons. The van der Waals surface area contributed by atoms with E-state index in [1.807, 2.05) is 12.1 Å². The summed E-state index contributed by atoms with van der Waals surface area (Å²) in [4.78, 5) is 2.33. The van der Waals surface area contributed by atoms with Gasteiger partial charge in [-0.15, -0.1) is 0 Å². The topological polar surface area (TPSA) is 43.7 Å². The number of nitrogens with zero attached hydrogens (tertiary/aromatic N) is 1. The molecule has 0 heterocycles. The second-order valence-electron chi connectivity index (χ2n) is 14.6. The molecule has 44 heavy (non-hydrogen) atoms. The molecule has 1 aromatic rings. The van der Waals surface area contributed by atoms with Crippen LogP contribution in [0.1, 0.15) is 121 Å². The molecule has 3 aliphatic carbocycles. The van der Waals surface area contributed by atoms with Gasteiger partial charge >= 0.3 is 12.1 Å². The summed E-state index contributed by atoms with van der Waals surface area (Å²) in [5.74, 6) is -3.68. The maximum Gasteiger partial charge on any atom is 0.453 e. The van der Waals surface area contributed by atoms with E-state index in [0.29, 0.717) is 37.1 Å². The molecule has 2 unspecified atom stereocenters. The molecule has 4 rings (SSSR count). The maximum atomic E-state index is 16.0. The van der Waals surface area contributed by atoms with Crippen molar-refractivity contribution < 1.29 is 36.6 Å². The lowest BCUT2D eigenvalue weighted by atomic mass is 9.51. The number of hydrogen-bond acceptors (Lipinski definition) is 3. The molecule has 9 heteroatoms. The number of phenolic OH excluding ortho intramolecular Hbond substituents is 1. The Kier molecular flexibility index (Phi) is 11.7. The van der Waals surface area contributed by atoms with Gasteiger partial charge in [0.15, 0.2) is 0 Å². The molecule has 3 aliphatic rings. The van der Waals surface area contributed by atoms with Crippen LogP contribution in [-0.2, 0) is 6.42 Å². The molecule has 3 nitrogen and oxygen atoms in total. The summed E-state index contributed by atoms with van der Waals surface area (Å²) in [6.07, 6.45) is 2.77. The van der Waals surface area contributed by atoms with Gasteiger partial charge in [0.05, 0.1) is 6.10 Å². The van der Waals surface area contributed by atoms with Crippen molar-refractivity contribution >= 4 is 0 Å². The summed E-state index contributed by atoms with van der Waals surface area (Å²) in [5, 5.41) is 21.0. The Balaban J connectivity index is 1.19. The predicted molar refractivity (Wildman–Crippen MR) is 162 cm³/mol. The number of aromatic hydroxyl groups is 1. The van der Waals surface area contributed by atoms with Gasteiger partial charge in [-0.2, -0.15) is 22.0 Å². The zero-order chi connectivity index (χ0) is 32.3. The zero-order valence-corrected chi connectivity index (χ0v) is 26.7. The van der Waals surface area contributed by atoms with Crippen LogP contribution < -0.4 is 0 Å². The summed E-state index contributed by atoms with van der Waals surface area (Å²) < 4.78 is 78.7. The van der Waals surface area contributed by atoms with Gasteiger partial charge in [0.25, 0.3) is 0 Å². The van der Waals surface area contributed by atoms with Crippen LogP contribution in [-0.4, -0.2) is 59.1 Å². The van der Waals surface area contributed by atoms with E-state index in [2.05, 4.69) is 25.8 Å². The van der Waals surface area contributed by atoms with Crippen LogP contribution >= 0.6 is 0 Å². The van der Waals surface area contributed by atoms with Crippen LogP contribution in [0.25, 0.3) is 0 Å². The van der Waals surface area contributed by atoms with E-state index in [1.54, 1.807) is 6.07 Å². The van der Waals surface area contributed by atoms with E-state index in [-0.39, 0.29) is 29.4 Å². The van der Waals surface area contributed by atoms with E-state index >= 15 is 4.39 Å². The summed E-state index contributed by atoms with van der Waals surface area (Å²) in [5.41, 5.74) is 1.76. The third kappa shape index (κ3) is 7.90. The Bertz CT molecular complexity index is 1070. The Morgan fingerprint density at radius 3 is 2.36 bits per heavy atom. The lowest BCUT2D eigenvalue weighted by Crippen LogP contribution is -2.51. The molecular formula is C35H53F6NO2. The van der Waals surface area contributed by atoms with E-state index in [9.17, 15) is 32.2 Å². The van der Waals surface area contributed by atoms with Gasteiger partial charge in [-0.3, -0.25) is 0 Å². The first kappa shape index (κ1) is 35.4. The molecule has 2 fully saturated rings. The van der Waals surface area contributed by atoms with Gasteiger partial charge in [-0.25, -0.2) is 4.39 Å². The standard InChI is InChI=1S/C35H53F6NO2/c1-23(42(3)19-11-7-5-4-6-10-18-34(37,38)35(39,40)41)12-8-9-13-24-20-25-21-26(43)14-15-27(25)32-29(36)22-33(2)28(31(24)32)16-17-30(33)44/h14-15,21,23-24,28-32,43-44H,4-13,16-20,22H2,1-3H3/t23?,24-,28+,29+,30?,31+,32+,33+/m1/s1. The summed E-state index contributed by atoms with van der Waals surface area (Å²) in [6, 6.07) is 5.84. The number of alkyl halides is 6. The SMILES string of the molecule is CC(CCCC[C@@H]1Cc2cc(O)ccc2[C@@H]2[C@@H]1[C@@H]1CCC(O)[C@@]1(C)C[C@@H]2F)N(C)CCCCCCCCC(F)(F)C(F)(F)F. The third-order valence-electron chi connectivity index (χ3n) is 11.6. The highest BCUT2D eigenvalue weighted by atomic mass is 19.4. The lowest BCUT2D eigenvalue weighted by Gasteiger charge is -2.54. The van der Waals surface area contributed by atoms with Crippen molar-refractivity contribution in [1.29, 1.82) is 0 Å². The van der Waals surface area contributed by atoms with Crippen molar-refractivity contribution in [1.82, 2.24) is 4.90 Å². The van der Waals surface area contributed by atoms with Gasteiger partial charge in [0.1, 0.15) is 11.9 Å². The van der Waals surface area contributed by atoms with E-state index in [1.165, 1.54) is 0 Å². The van der Waals surface area contributed by atoms with Crippen LogP contribution in [0, 0.1) is 23.2 Å². The zero-order valence-electron chi connectivity index (χ0n) is 26.7. The Morgan fingerprint density at radius 1 is 0.977 bits per heavy atom. The minimum Gasteiger partial charge on any atom is -0.508 e. The van der Waals surface area contributed by atoms with Crippen LogP contribution in [0.5, 0.6) is 5.75 Å². The highest BCUT2D eigenvalue weighted by molar-refractivity contribution is 5.41. The number of halogens is 6. The van der Waals surface area contributed by atoms with Crippen LogP contribution in [0.3, 0.4) is 0 Å². The van der Waals surface area contributed by atoms with Crippen molar-refractivity contribution in [2.75, 3.05) is 13.6 Å². The van der Waals surface area contributed by atoms with Crippen molar-refractivity contribution in [3.8, 4) is 5.75 Å². The van der Waals surface area contributed by atoms with Crippen LogP contribution in [0.15, 0.2) is 18.2 Å². The molecule has 2 saturated carbocycles. The minimum atomic E-state index is -5.46. The molecule has 0 aliphatic heterocycles. The average molecular weight is 634 g/mol. The fraction of sp³-hybridized carbons (Fsp3) is 0.829. The van der Waals surface area contributed by atoms with Gasteiger partial charge in [-0.05, 0) is 118 Å². The number of unbranched alkanes of at least 4 members (excludes halogenated alkanes) is 6. The van der Waals surface area contributed by atoms with E-state index in [4.69, 9.17) is 0 Å². The van der Waals surface area contributed by atoms with Crippen LogP contribution in [0.2, 0.25) is 0 Å². The molecule has 0 spiro atoms. The van der Waals surface area contributed by atoms with Gasteiger partial charge in [0.2, 0.25) is 0 Å². The molecule has 0 aromatic heterocycles. The fourth-order valence-electron chi connectivity index (χ4n) is 8.88. The van der Waals surface area contributed by atoms with Crippen LogP contribution in [0.4, 0.5) is 26.3 Å². The molecule has 8 atom stereocenters. The highest BCUT2D eigenvalue weighted by Gasteiger charge is 2.60. The van der Waals surface area contributed by atoms with Gasteiger partial charge in [-0.1, -0.05) is 51.5 Å². The minimum absolute atomic E-state index is 0.114. The van der Waals surface area contributed by atoms with Crippen molar-refractivity contribution in [2.24, 2.45) is 23.2 Å². The van der Waals surface area contributed by atoms with Crippen molar-refractivity contribution in [2.45, 2.75) is 146 Å². The number of fused-ring (bicyclic) bond motifs is 5. The van der Waals surface area contributed by atoms with Crippen molar-refractivity contribution in [3.63, 3.8) is 0 Å². The fourth-order valence-corrected chi connectivity index (χ4v) is 8.88. The molecule has 0 saturated heterocycles. The molecule has 2 N–H and O–H groups in total.